The molecule has 2 aliphatic rings. The van der Waals surface area contributed by atoms with E-state index < -0.39 is 6.36 Å². The first kappa shape index (κ1) is 43.5. The van der Waals surface area contributed by atoms with Crippen LogP contribution in [0.2, 0.25) is 0 Å². The molecule has 5 rings (SSSR count). The Hall–Kier alpha value is -4.65. The fourth-order valence-corrected chi connectivity index (χ4v) is 6.29. The maximum atomic E-state index is 12.7. The number of aromatic nitrogens is 2. The van der Waals surface area contributed by atoms with Gasteiger partial charge in [-0.25, -0.2) is 9.97 Å². The lowest BCUT2D eigenvalue weighted by Crippen LogP contribution is -2.35. The highest BCUT2D eigenvalue weighted by molar-refractivity contribution is 5.95. The Balaban J connectivity index is 0.801. The van der Waals surface area contributed by atoms with E-state index in [9.17, 15) is 22.8 Å². The van der Waals surface area contributed by atoms with Crippen LogP contribution in [0.5, 0.6) is 5.75 Å². The van der Waals surface area contributed by atoms with Crippen LogP contribution in [0.1, 0.15) is 23.2 Å². The van der Waals surface area contributed by atoms with Gasteiger partial charge in [0, 0.05) is 41.9 Å². The van der Waals surface area contributed by atoms with Gasteiger partial charge in [-0.3, -0.25) is 9.59 Å². The molecule has 57 heavy (non-hydrogen) atoms. The number of amides is 2. The SMILES string of the molecule is O=C(NCCOCCOCCOCCOCCOCCOCCNC(=O)[C@@H]1C[C@@H]2C=C[C@H]1C2)c1cccc(-c2cc(Nc3ccc(OC(F)(F)F)cc3)ncn2)c1. The van der Waals surface area contributed by atoms with Crippen LogP contribution in [0, 0.1) is 17.8 Å². The summed E-state index contributed by atoms with van der Waals surface area (Å²) in [5.41, 5.74) is 2.15. The minimum Gasteiger partial charge on any atom is -0.406 e. The fraction of sp³-hybridized carbons (Fsp3) is 0.500. The lowest BCUT2D eigenvalue weighted by Gasteiger charge is -2.17. The van der Waals surface area contributed by atoms with E-state index in [0.29, 0.717) is 133 Å². The summed E-state index contributed by atoms with van der Waals surface area (Å²) in [6.07, 6.45) is 3.07. The molecule has 1 heterocycles. The largest absolute Gasteiger partial charge is 0.573 e. The number of hydrogen-bond donors (Lipinski definition) is 3. The van der Waals surface area contributed by atoms with Gasteiger partial charge in [0.1, 0.15) is 17.9 Å². The van der Waals surface area contributed by atoms with Crippen LogP contribution >= 0.6 is 0 Å². The number of alkyl halides is 3. The first-order valence-electron chi connectivity index (χ1n) is 19.0. The van der Waals surface area contributed by atoms with Gasteiger partial charge in [0.2, 0.25) is 5.91 Å². The van der Waals surface area contributed by atoms with Crippen LogP contribution in [-0.2, 0) is 33.2 Å². The molecule has 2 aliphatic carbocycles. The van der Waals surface area contributed by atoms with Crippen molar-refractivity contribution >= 4 is 23.3 Å². The molecule has 3 aromatic rings. The highest BCUT2D eigenvalue weighted by atomic mass is 19.4. The summed E-state index contributed by atoms with van der Waals surface area (Å²) >= 11 is 0. The van der Waals surface area contributed by atoms with Gasteiger partial charge in [-0.15, -0.1) is 13.2 Å². The zero-order chi connectivity index (χ0) is 40.1. The van der Waals surface area contributed by atoms with Gasteiger partial charge < -0.3 is 49.1 Å². The van der Waals surface area contributed by atoms with Crippen LogP contribution < -0.4 is 20.7 Å². The van der Waals surface area contributed by atoms with Crippen molar-refractivity contribution in [1.29, 1.82) is 0 Å². The van der Waals surface area contributed by atoms with E-state index in [0.717, 1.165) is 12.8 Å². The zero-order valence-electron chi connectivity index (χ0n) is 31.7. The van der Waals surface area contributed by atoms with Crippen molar-refractivity contribution in [3.63, 3.8) is 0 Å². The second-order valence-electron chi connectivity index (χ2n) is 13.2. The molecule has 310 valence electrons. The fourth-order valence-electron chi connectivity index (χ4n) is 6.29. The summed E-state index contributed by atoms with van der Waals surface area (Å²) < 4.78 is 74.2. The average Bonchev–Trinajstić information content (AvgIpc) is 3.85. The Bertz CT molecular complexity index is 1700. The summed E-state index contributed by atoms with van der Waals surface area (Å²) in [7, 11) is 0. The summed E-state index contributed by atoms with van der Waals surface area (Å²) in [5.74, 6) is 1.05. The van der Waals surface area contributed by atoms with Gasteiger partial charge >= 0.3 is 6.36 Å². The second-order valence-corrected chi connectivity index (χ2v) is 13.2. The molecule has 1 aromatic heterocycles. The van der Waals surface area contributed by atoms with E-state index in [1.807, 2.05) is 0 Å². The first-order chi connectivity index (χ1) is 27.7. The van der Waals surface area contributed by atoms with Crippen molar-refractivity contribution in [3.05, 3.63) is 78.6 Å². The van der Waals surface area contributed by atoms with Crippen molar-refractivity contribution in [1.82, 2.24) is 20.6 Å². The molecule has 0 unspecified atom stereocenters. The quantitative estimate of drug-likeness (QED) is 0.0705. The second kappa shape index (κ2) is 23.5. The first-order valence-corrected chi connectivity index (χ1v) is 19.0. The number of nitrogens with zero attached hydrogens (tertiary/aromatic N) is 2. The van der Waals surface area contributed by atoms with Crippen LogP contribution in [0.4, 0.5) is 24.7 Å². The van der Waals surface area contributed by atoms with E-state index in [4.69, 9.17) is 28.4 Å². The number of halogens is 3. The number of benzene rings is 2. The van der Waals surface area contributed by atoms with E-state index in [1.54, 1.807) is 30.3 Å². The number of anilines is 2. The number of fused-ring (bicyclic) bond motifs is 2. The number of nitrogens with one attached hydrogen (secondary N) is 3. The predicted octanol–water partition coefficient (Wildman–Crippen LogP) is 4.94. The molecule has 0 aliphatic heterocycles. The summed E-state index contributed by atoms with van der Waals surface area (Å²) in [6.45, 7) is 5.91. The van der Waals surface area contributed by atoms with Crippen molar-refractivity contribution in [2.45, 2.75) is 19.2 Å². The molecule has 2 aromatic carbocycles. The molecule has 0 spiro atoms. The number of hydrogen-bond acceptors (Lipinski definition) is 12. The van der Waals surface area contributed by atoms with Crippen LogP contribution in [-0.4, -0.2) is 121 Å². The van der Waals surface area contributed by atoms with Crippen molar-refractivity contribution in [2.75, 3.05) is 97.7 Å². The van der Waals surface area contributed by atoms with Gasteiger partial charge in [0.25, 0.3) is 5.91 Å². The molecule has 0 radical (unpaired) electrons. The Morgan fingerprint density at radius 2 is 1.28 bits per heavy atom. The molecule has 2 amide bonds. The minimum atomic E-state index is -4.77. The van der Waals surface area contributed by atoms with E-state index in [1.165, 1.54) is 30.6 Å². The molecule has 2 bridgehead atoms. The number of ether oxygens (including phenoxy) is 7. The van der Waals surface area contributed by atoms with Gasteiger partial charge in [0.05, 0.1) is 85.0 Å². The molecule has 17 heteroatoms. The molecule has 1 fully saturated rings. The van der Waals surface area contributed by atoms with E-state index in [2.05, 4.69) is 42.8 Å². The van der Waals surface area contributed by atoms with Gasteiger partial charge in [-0.05, 0) is 61.1 Å². The van der Waals surface area contributed by atoms with Crippen molar-refractivity contribution in [3.8, 4) is 17.0 Å². The van der Waals surface area contributed by atoms with Crippen LogP contribution in [0.3, 0.4) is 0 Å². The van der Waals surface area contributed by atoms with E-state index in [-0.39, 0.29) is 23.5 Å². The van der Waals surface area contributed by atoms with E-state index >= 15 is 0 Å². The van der Waals surface area contributed by atoms with Crippen LogP contribution in [0.25, 0.3) is 11.3 Å². The number of carbonyl (C=O) groups excluding carboxylic acids is 2. The molecule has 0 saturated heterocycles. The Morgan fingerprint density at radius 1 is 0.684 bits per heavy atom. The maximum absolute atomic E-state index is 12.7. The number of rotatable bonds is 27. The third kappa shape index (κ3) is 16.0. The molecule has 14 nitrogen and oxygen atoms in total. The Kier molecular flexibility index (Phi) is 18.0. The normalized spacial score (nSPS) is 17.1. The predicted molar refractivity (Wildman–Crippen MR) is 203 cm³/mol. The van der Waals surface area contributed by atoms with Gasteiger partial charge in [-0.2, -0.15) is 0 Å². The zero-order valence-corrected chi connectivity index (χ0v) is 31.7. The summed E-state index contributed by atoms with van der Waals surface area (Å²) in [6, 6.07) is 13.8. The highest BCUT2D eigenvalue weighted by Gasteiger charge is 2.39. The van der Waals surface area contributed by atoms with Crippen LogP contribution in [0.15, 0.2) is 73.1 Å². The average molecular weight is 802 g/mol. The third-order valence-electron chi connectivity index (χ3n) is 9.00. The lowest BCUT2D eigenvalue weighted by molar-refractivity contribution is -0.274. The Labute approximate surface area is 329 Å². The topological polar surface area (TPSA) is 161 Å². The summed E-state index contributed by atoms with van der Waals surface area (Å²) in [5, 5.41) is 8.81. The molecular weight excluding hydrogens is 751 g/mol. The Morgan fingerprint density at radius 3 is 1.84 bits per heavy atom. The minimum absolute atomic E-state index is 0.121. The molecule has 3 N–H and O–H groups in total. The smallest absolute Gasteiger partial charge is 0.406 e. The standard InChI is InChI=1S/C40H50F3N5O9/c41-40(42,43)57-34-8-6-33(7-9-34)48-37-27-36(46-28-47-37)31-2-1-3-32(26-31)38(49)44-10-12-51-14-16-53-18-20-55-22-23-56-21-19-54-17-15-52-13-11-45-39(50)35-25-29-4-5-30(35)24-29/h1-9,26-30,35H,10-25H2,(H,44,49)(H,45,50)(H,46,47,48)/t29-,30+,35-/m1/s1. The van der Waals surface area contributed by atoms with Gasteiger partial charge in [0.15, 0.2) is 0 Å². The lowest BCUT2D eigenvalue weighted by atomic mass is 9.93. The monoisotopic (exact) mass is 801 g/mol. The molecule has 3 atom stereocenters. The van der Waals surface area contributed by atoms with Crippen molar-refractivity contribution < 1.29 is 55.9 Å². The summed E-state index contributed by atoms with van der Waals surface area (Å²) in [4.78, 5) is 33.5. The van der Waals surface area contributed by atoms with Gasteiger partial charge in [-0.1, -0.05) is 24.3 Å². The number of carbonyl (C=O) groups is 2. The molecule has 1 saturated carbocycles. The highest BCUT2D eigenvalue weighted by Crippen LogP contribution is 2.43. The maximum Gasteiger partial charge on any atom is 0.573 e. The van der Waals surface area contributed by atoms with Crippen molar-refractivity contribution in [2.24, 2.45) is 17.8 Å². The molecular formula is C40H50F3N5O9. The number of allylic oxidation sites excluding steroid dienone is 2. The third-order valence-corrected chi connectivity index (χ3v) is 9.00.